The molecule has 0 aliphatic heterocycles. The number of anilines is 1. The van der Waals surface area contributed by atoms with E-state index >= 15 is 0 Å². The molecular formula is C15H19F3N2O2. The van der Waals surface area contributed by atoms with Crippen LogP contribution in [0.1, 0.15) is 33.1 Å². The Balaban J connectivity index is 2.73. The Labute approximate surface area is 127 Å². The van der Waals surface area contributed by atoms with Crippen LogP contribution in [0.2, 0.25) is 0 Å². The Morgan fingerprint density at radius 2 is 1.86 bits per heavy atom. The van der Waals surface area contributed by atoms with E-state index in [0.717, 1.165) is 29.9 Å². The Bertz CT molecular complexity index is 550. The molecule has 0 heterocycles. The summed E-state index contributed by atoms with van der Waals surface area (Å²) in [6.07, 6.45) is 2.00. The summed E-state index contributed by atoms with van der Waals surface area (Å²) in [4.78, 5) is 24.0. The fraction of sp³-hybridized carbons (Fsp3) is 0.467. The van der Waals surface area contributed by atoms with E-state index in [4.69, 9.17) is 0 Å². The lowest BCUT2D eigenvalue weighted by molar-refractivity contribution is -0.121. The molecule has 4 nitrogen and oxygen atoms in total. The standard InChI is InChI=1S/C15H19F3N2O2/c1-3-4-5-13(22)19-8-9-20(10(2)21)12-7-6-11(16)14(17)15(12)18/h6-7H,3-5,8-9H2,1-2H3,(H,19,22). The number of hydrogen-bond acceptors (Lipinski definition) is 2. The second-order valence-electron chi connectivity index (χ2n) is 4.82. The molecule has 7 heteroatoms. The summed E-state index contributed by atoms with van der Waals surface area (Å²) < 4.78 is 39.9. The number of unbranched alkanes of at least 4 members (excludes halogenated alkanes) is 1. The summed E-state index contributed by atoms with van der Waals surface area (Å²) in [6, 6.07) is 1.75. The van der Waals surface area contributed by atoms with E-state index in [9.17, 15) is 22.8 Å². The van der Waals surface area contributed by atoms with Gasteiger partial charge in [-0.25, -0.2) is 13.2 Å². The van der Waals surface area contributed by atoms with E-state index in [-0.39, 0.29) is 24.7 Å². The molecule has 0 aliphatic rings. The van der Waals surface area contributed by atoms with Crippen molar-refractivity contribution < 1.29 is 22.8 Å². The van der Waals surface area contributed by atoms with Crippen molar-refractivity contribution in [3.8, 4) is 0 Å². The zero-order valence-electron chi connectivity index (χ0n) is 12.6. The van der Waals surface area contributed by atoms with Crippen molar-refractivity contribution in [3.63, 3.8) is 0 Å². The number of nitrogens with one attached hydrogen (secondary N) is 1. The topological polar surface area (TPSA) is 49.4 Å². The molecule has 0 radical (unpaired) electrons. The molecule has 0 bridgehead atoms. The first kappa shape index (κ1) is 18.0. The van der Waals surface area contributed by atoms with Crippen molar-refractivity contribution in [2.24, 2.45) is 0 Å². The molecule has 1 aromatic rings. The van der Waals surface area contributed by atoms with Crippen molar-refractivity contribution >= 4 is 17.5 Å². The average Bonchev–Trinajstić information content (AvgIpc) is 2.48. The number of nitrogens with zero attached hydrogens (tertiary/aromatic N) is 1. The lowest BCUT2D eigenvalue weighted by Gasteiger charge is -2.22. The predicted octanol–water partition coefficient (Wildman–Crippen LogP) is 2.76. The van der Waals surface area contributed by atoms with E-state index in [2.05, 4.69) is 5.32 Å². The highest BCUT2D eigenvalue weighted by Gasteiger charge is 2.20. The van der Waals surface area contributed by atoms with Crippen LogP contribution in [0, 0.1) is 17.5 Å². The van der Waals surface area contributed by atoms with Crippen LogP contribution in [-0.4, -0.2) is 24.9 Å². The van der Waals surface area contributed by atoms with Crippen molar-refractivity contribution in [1.29, 1.82) is 0 Å². The van der Waals surface area contributed by atoms with Crippen LogP contribution in [0.3, 0.4) is 0 Å². The van der Waals surface area contributed by atoms with Gasteiger partial charge in [-0.3, -0.25) is 9.59 Å². The minimum atomic E-state index is -1.63. The molecule has 0 aromatic heterocycles. The molecule has 0 saturated carbocycles. The number of halogens is 3. The Kier molecular flexibility index (Phi) is 6.88. The van der Waals surface area contributed by atoms with Gasteiger partial charge < -0.3 is 10.2 Å². The summed E-state index contributed by atoms with van der Waals surface area (Å²) in [5.41, 5.74) is -0.353. The maximum absolute atomic E-state index is 13.7. The second kappa shape index (κ2) is 8.41. The van der Waals surface area contributed by atoms with Crippen molar-refractivity contribution in [2.75, 3.05) is 18.0 Å². The monoisotopic (exact) mass is 316 g/mol. The number of carbonyl (C=O) groups excluding carboxylic acids is 2. The van der Waals surface area contributed by atoms with Crippen LogP contribution in [0.25, 0.3) is 0 Å². The Morgan fingerprint density at radius 1 is 1.18 bits per heavy atom. The average molecular weight is 316 g/mol. The maximum Gasteiger partial charge on any atom is 0.224 e. The van der Waals surface area contributed by atoms with Crippen LogP contribution < -0.4 is 10.2 Å². The quantitative estimate of drug-likeness (QED) is 0.786. The summed E-state index contributed by atoms with van der Waals surface area (Å²) in [6.45, 7) is 3.20. The lowest BCUT2D eigenvalue weighted by atomic mass is 10.2. The van der Waals surface area contributed by atoms with Gasteiger partial charge in [0.1, 0.15) is 0 Å². The summed E-state index contributed by atoms with van der Waals surface area (Å²) in [5.74, 6) is -5.08. The van der Waals surface area contributed by atoms with E-state index in [1.54, 1.807) is 0 Å². The first-order valence-electron chi connectivity index (χ1n) is 7.06. The van der Waals surface area contributed by atoms with Gasteiger partial charge in [-0.2, -0.15) is 0 Å². The van der Waals surface area contributed by atoms with Crippen LogP contribution in [-0.2, 0) is 9.59 Å². The van der Waals surface area contributed by atoms with Crippen molar-refractivity contribution in [1.82, 2.24) is 5.32 Å². The lowest BCUT2D eigenvalue weighted by Crippen LogP contribution is -2.38. The van der Waals surface area contributed by atoms with Gasteiger partial charge in [0.25, 0.3) is 0 Å². The minimum Gasteiger partial charge on any atom is -0.354 e. The van der Waals surface area contributed by atoms with Crippen LogP contribution in [0.15, 0.2) is 12.1 Å². The fourth-order valence-corrected chi connectivity index (χ4v) is 1.90. The fourth-order valence-electron chi connectivity index (χ4n) is 1.90. The third-order valence-corrected chi connectivity index (χ3v) is 3.10. The SMILES string of the molecule is CCCCC(=O)NCCN(C(C)=O)c1ccc(F)c(F)c1F. The maximum atomic E-state index is 13.7. The third kappa shape index (κ3) is 4.75. The highest BCUT2D eigenvalue weighted by Crippen LogP contribution is 2.23. The van der Waals surface area contributed by atoms with Crippen LogP contribution in [0.5, 0.6) is 0 Å². The minimum absolute atomic E-state index is 0.0325. The number of rotatable bonds is 7. The number of benzene rings is 1. The molecule has 122 valence electrons. The molecular weight excluding hydrogens is 297 g/mol. The van der Waals surface area contributed by atoms with Gasteiger partial charge in [0.15, 0.2) is 17.5 Å². The van der Waals surface area contributed by atoms with Gasteiger partial charge in [-0.15, -0.1) is 0 Å². The molecule has 1 N–H and O–H groups in total. The predicted molar refractivity (Wildman–Crippen MR) is 76.9 cm³/mol. The first-order valence-corrected chi connectivity index (χ1v) is 7.06. The molecule has 1 rings (SSSR count). The van der Waals surface area contributed by atoms with Gasteiger partial charge in [-0.1, -0.05) is 13.3 Å². The number of amides is 2. The molecule has 0 unspecified atom stereocenters. The van der Waals surface area contributed by atoms with Gasteiger partial charge in [0.2, 0.25) is 11.8 Å². The van der Waals surface area contributed by atoms with Crippen LogP contribution in [0.4, 0.5) is 18.9 Å². The van der Waals surface area contributed by atoms with E-state index in [1.807, 2.05) is 6.92 Å². The van der Waals surface area contributed by atoms with Crippen molar-refractivity contribution in [2.45, 2.75) is 33.1 Å². The zero-order valence-corrected chi connectivity index (χ0v) is 12.6. The van der Waals surface area contributed by atoms with E-state index in [0.29, 0.717) is 6.42 Å². The molecule has 0 aliphatic carbocycles. The molecule has 0 spiro atoms. The van der Waals surface area contributed by atoms with Crippen molar-refractivity contribution in [3.05, 3.63) is 29.6 Å². The van der Waals surface area contributed by atoms with Gasteiger partial charge in [0, 0.05) is 26.4 Å². The molecule has 0 atom stereocenters. The highest BCUT2D eigenvalue weighted by molar-refractivity contribution is 5.91. The van der Waals surface area contributed by atoms with Gasteiger partial charge in [0.05, 0.1) is 5.69 Å². The largest absolute Gasteiger partial charge is 0.354 e. The second-order valence-corrected chi connectivity index (χ2v) is 4.82. The normalized spacial score (nSPS) is 10.4. The Morgan fingerprint density at radius 3 is 2.45 bits per heavy atom. The molecule has 0 fully saturated rings. The molecule has 1 aromatic carbocycles. The van der Waals surface area contributed by atoms with Gasteiger partial charge >= 0.3 is 0 Å². The number of hydrogen-bond donors (Lipinski definition) is 1. The summed E-state index contributed by atoms with van der Waals surface area (Å²) >= 11 is 0. The van der Waals surface area contributed by atoms with E-state index in [1.165, 1.54) is 6.92 Å². The molecule has 22 heavy (non-hydrogen) atoms. The summed E-state index contributed by atoms with van der Waals surface area (Å²) in [7, 11) is 0. The van der Waals surface area contributed by atoms with E-state index < -0.39 is 23.4 Å². The highest BCUT2D eigenvalue weighted by atomic mass is 19.2. The zero-order chi connectivity index (χ0) is 16.7. The summed E-state index contributed by atoms with van der Waals surface area (Å²) in [5, 5.41) is 2.59. The molecule has 0 saturated heterocycles. The molecule has 2 amide bonds. The number of carbonyl (C=O) groups is 2. The van der Waals surface area contributed by atoms with Crippen LogP contribution >= 0.6 is 0 Å². The first-order chi connectivity index (χ1) is 10.4. The Hall–Kier alpha value is -2.05. The van der Waals surface area contributed by atoms with Gasteiger partial charge in [-0.05, 0) is 18.6 Å². The smallest absolute Gasteiger partial charge is 0.224 e. The third-order valence-electron chi connectivity index (χ3n) is 3.10.